The SMILES string of the molecule is CC(N)CNc1cc(NCc2cccnc2)ncn1. The number of pyridine rings is 1. The van der Waals surface area contributed by atoms with Crippen LogP contribution >= 0.6 is 0 Å². The van der Waals surface area contributed by atoms with Gasteiger partial charge in [0, 0.05) is 37.6 Å². The van der Waals surface area contributed by atoms with Gasteiger partial charge in [0.1, 0.15) is 18.0 Å². The number of aromatic nitrogens is 3. The quantitative estimate of drug-likeness (QED) is 0.722. The van der Waals surface area contributed by atoms with E-state index in [9.17, 15) is 0 Å². The summed E-state index contributed by atoms with van der Waals surface area (Å²) in [6.45, 7) is 3.30. The fourth-order valence-electron chi connectivity index (χ4n) is 1.51. The Morgan fingerprint density at radius 2 is 2.05 bits per heavy atom. The summed E-state index contributed by atoms with van der Waals surface area (Å²) in [5.74, 6) is 1.53. The molecule has 0 saturated carbocycles. The molecule has 0 spiro atoms. The summed E-state index contributed by atoms with van der Waals surface area (Å²) >= 11 is 0. The van der Waals surface area contributed by atoms with Crippen molar-refractivity contribution in [2.24, 2.45) is 5.73 Å². The fraction of sp³-hybridized carbons (Fsp3) is 0.308. The van der Waals surface area contributed by atoms with E-state index in [4.69, 9.17) is 5.73 Å². The standard InChI is InChI=1S/C13H18N6/c1-10(14)6-16-12-5-13(19-9-18-12)17-8-11-3-2-4-15-7-11/h2-5,7,9-10H,6,8,14H2,1H3,(H2,16,17,18,19). The van der Waals surface area contributed by atoms with E-state index in [-0.39, 0.29) is 6.04 Å². The second-order valence-electron chi connectivity index (χ2n) is 4.36. The van der Waals surface area contributed by atoms with E-state index < -0.39 is 0 Å². The molecular weight excluding hydrogens is 240 g/mol. The van der Waals surface area contributed by atoms with E-state index in [1.807, 2.05) is 31.3 Å². The average molecular weight is 258 g/mol. The van der Waals surface area contributed by atoms with E-state index in [1.165, 1.54) is 6.33 Å². The van der Waals surface area contributed by atoms with Crippen molar-refractivity contribution in [1.82, 2.24) is 15.0 Å². The van der Waals surface area contributed by atoms with E-state index in [0.29, 0.717) is 13.1 Å². The monoisotopic (exact) mass is 258 g/mol. The van der Waals surface area contributed by atoms with Crippen LogP contribution in [0, 0.1) is 0 Å². The number of hydrogen-bond acceptors (Lipinski definition) is 6. The lowest BCUT2D eigenvalue weighted by atomic mass is 10.3. The van der Waals surface area contributed by atoms with Gasteiger partial charge < -0.3 is 16.4 Å². The summed E-state index contributed by atoms with van der Waals surface area (Å²) in [7, 11) is 0. The minimum atomic E-state index is 0.0850. The van der Waals surface area contributed by atoms with Gasteiger partial charge in [0.05, 0.1) is 0 Å². The molecule has 0 fully saturated rings. The third kappa shape index (κ3) is 4.51. The molecule has 4 N–H and O–H groups in total. The maximum Gasteiger partial charge on any atom is 0.131 e. The van der Waals surface area contributed by atoms with Gasteiger partial charge >= 0.3 is 0 Å². The van der Waals surface area contributed by atoms with Crippen LogP contribution in [0.15, 0.2) is 36.9 Å². The second-order valence-corrected chi connectivity index (χ2v) is 4.36. The molecule has 0 aliphatic carbocycles. The van der Waals surface area contributed by atoms with Crippen LogP contribution < -0.4 is 16.4 Å². The zero-order valence-electron chi connectivity index (χ0n) is 10.9. The highest BCUT2D eigenvalue weighted by Gasteiger charge is 2.00. The molecule has 6 nitrogen and oxygen atoms in total. The molecule has 0 amide bonds. The Morgan fingerprint density at radius 1 is 1.26 bits per heavy atom. The van der Waals surface area contributed by atoms with Crippen LogP contribution in [0.5, 0.6) is 0 Å². The van der Waals surface area contributed by atoms with Crippen molar-refractivity contribution in [3.63, 3.8) is 0 Å². The fourth-order valence-corrected chi connectivity index (χ4v) is 1.51. The first-order valence-electron chi connectivity index (χ1n) is 6.18. The molecule has 19 heavy (non-hydrogen) atoms. The first-order valence-corrected chi connectivity index (χ1v) is 6.18. The summed E-state index contributed by atoms with van der Waals surface area (Å²) < 4.78 is 0. The van der Waals surface area contributed by atoms with Crippen molar-refractivity contribution in [2.45, 2.75) is 19.5 Å². The molecule has 0 radical (unpaired) electrons. The van der Waals surface area contributed by atoms with Gasteiger partial charge in [-0.15, -0.1) is 0 Å². The van der Waals surface area contributed by atoms with Crippen LogP contribution in [0.4, 0.5) is 11.6 Å². The highest BCUT2D eigenvalue weighted by Crippen LogP contribution is 2.09. The molecule has 2 rings (SSSR count). The van der Waals surface area contributed by atoms with E-state index in [0.717, 1.165) is 17.2 Å². The first-order chi connectivity index (χ1) is 9.24. The zero-order chi connectivity index (χ0) is 13.5. The number of anilines is 2. The lowest BCUT2D eigenvalue weighted by Gasteiger charge is -2.10. The summed E-state index contributed by atoms with van der Waals surface area (Å²) in [4.78, 5) is 12.4. The average Bonchev–Trinajstić information content (AvgIpc) is 2.44. The number of nitrogens with zero attached hydrogens (tertiary/aromatic N) is 3. The van der Waals surface area contributed by atoms with Gasteiger partial charge in [0.2, 0.25) is 0 Å². The minimum Gasteiger partial charge on any atom is -0.368 e. The molecule has 0 bridgehead atoms. The minimum absolute atomic E-state index is 0.0850. The summed E-state index contributed by atoms with van der Waals surface area (Å²) in [6.07, 6.45) is 5.10. The Kier molecular flexibility index (Phi) is 4.63. The smallest absolute Gasteiger partial charge is 0.131 e. The molecule has 0 aliphatic heterocycles. The molecule has 100 valence electrons. The molecular formula is C13H18N6. The van der Waals surface area contributed by atoms with E-state index in [1.54, 1.807) is 6.20 Å². The van der Waals surface area contributed by atoms with Crippen molar-refractivity contribution in [1.29, 1.82) is 0 Å². The number of nitrogens with two attached hydrogens (primary N) is 1. The summed E-state index contributed by atoms with van der Waals surface area (Å²) in [5, 5.41) is 6.38. The number of nitrogens with one attached hydrogen (secondary N) is 2. The molecule has 2 aromatic heterocycles. The van der Waals surface area contributed by atoms with E-state index in [2.05, 4.69) is 25.6 Å². The first kappa shape index (κ1) is 13.2. The van der Waals surface area contributed by atoms with Crippen molar-refractivity contribution >= 4 is 11.6 Å². The van der Waals surface area contributed by atoms with Crippen molar-refractivity contribution in [3.05, 3.63) is 42.5 Å². The van der Waals surface area contributed by atoms with Crippen molar-refractivity contribution in [3.8, 4) is 0 Å². The molecule has 1 atom stereocenters. The second kappa shape index (κ2) is 6.65. The van der Waals surface area contributed by atoms with Crippen LogP contribution in [0.3, 0.4) is 0 Å². The van der Waals surface area contributed by atoms with Crippen LogP contribution in [-0.2, 0) is 6.54 Å². The highest BCUT2D eigenvalue weighted by atomic mass is 15.1. The molecule has 1 unspecified atom stereocenters. The van der Waals surface area contributed by atoms with Gasteiger partial charge in [-0.25, -0.2) is 9.97 Å². The van der Waals surface area contributed by atoms with E-state index >= 15 is 0 Å². The molecule has 0 saturated heterocycles. The Bertz CT molecular complexity index is 499. The Labute approximate surface area is 112 Å². The third-order valence-electron chi connectivity index (χ3n) is 2.47. The van der Waals surface area contributed by atoms with Gasteiger partial charge in [-0.3, -0.25) is 4.98 Å². The normalized spacial score (nSPS) is 11.9. The predicted octanol–water partition coefficient (Wildman–Crippen LogP) is 1.24. The van der Waals surface area contributed by atoms with Crippen LogP contribution in [0.1, 0.15) is 12.5 Å². The van der Waals surface area contributed by atoms with Gasteiger partial charge in [0.15, 0.2) is 0 Å². The maximum atomic E-state index is 5.68. The lowest BCUT2D eigenvalue weighted by Crippen LogP contribution is -2.25. The number of rotatable bonds is 6. The summed E-state index contributed by atoms with van der Waals surface area (Å²) in [5.41, 5.74) is 6.79. The predicted molar refractivity (Wildman–Crippen MR) is 75.7 cm³/mol. The topological polar surface area (TPSA) is 88.8 Å². The van der Waals surface area contributed by atoms with Gasteiger partial charge in [0.25, 0.3) is 0 Å². The Hall–Kier alpha value is -2.21. The molecule has 0 aliphatic rings. The zero-order valence-corrected chi connectivity index (χ0v) is 10.9. The molecule has 2 aromatic rings. The van der Waals surface area contributed by atoms with Crippen molar-refractivity contribution in [2.75, 3.05) is 17.2 Å². The summed E-state index contributed by atoms with van der Waals surface area (Å²) in [6, 6.07) is 5.86. The maximum absolute atomic E-state index is 5.68. The molecule has 0 aromatic carbocycles. The molecule has 6 heteroatoms. The van der Waals surface area contributed by atoms with Gasteiger partial charge in [-0.2, -0.15) is 0 Å². The molecule has 2 heterocycles. The Morgan fingerprint density at radius 3 is 2.74 bits per heavy atom. The number of hydrogen-bond donors (Lipinski definition) is 3. The van der Waals surface area contributed by atoms with Gasteiger partial charge in [-0.05, 0) is 18.6 Å². The highest BCUT2D eigenvalue weighted by molar-refractivity contribution is 5.46. The Balaban J connectivity index is 1.91. The van der Waals surface area contributed by atoms with Crippen LogP contribution in [0.25, 0.3) is 0 Å². The lowest BCUT2D eigenvalue weighted by molar-refractivity contribution is 0.777. The van der Waals surface area contributed by atoms with Gasteiger partial charge in [-0.1, -0.05) is 6.07 Å². The van der Waals surface area contributed by atoms with Crippen LogP contribution in [-0.4, -0.2) is 27.5 Å². The largest absolute Gasteiger partial charge is 0.368 e. The van der Waals surface area contributed by atoms with Crippen LogP contribution in [0.2, 0.25) is 0 Å². The van der Waals surface area contributed by atoms with Crippen molar-refractivity contribution < 1.29 is 0 Å². The third-order valence-corrected chi connectivity index (χ3v) is 2.47.